The monoisotopic (exact) mass is 1100 g/mol. The summed E-state index contributed by atoms with van der Waals surface area (Å²) in [4.78, 5) is 24.6. The molecule has 0 radical (unpaired) electrons. The predicted molar refractivity (Wildman–Crippen MR) is 343 cm³/mol. The molecule has 6 heteroatoms. The maximum absolute atomic E-state index is 12.5. The van der Waals surface area contributed by atoms with Gasteiger partial charge in [-0.25, -0.2) is 0 Å². The number of aliphatic hydroxyl groups is 2. The van der Waals surface area contributed by atoms with Gasteiger partial charge >= 0.3 is 5.97 Å². The molecule has 0 heterocycles. The van der Waals surface area contributed by atoms with Gasteiger partial charge < -0.3 is 20.3 Å². The number of nitrogens with one attached hydrogen (secondary N) is 1. The van der Waals surface area contributed by atoms with E-state index in [1.54, 1.807) is 6.08 Å². The fraction of sp³-hybridized carbons (Fsp3) is 0.889. The third-order valence-electron chi connectivity index (χ3n) is 16.4. The van der Waals surface area contributed by atoms with Crippen molar-refractivity contribution in [2.24, 2.45) is 0 Å². The zero-order valence-electron chi connectivity index (χ0n) is 52.7. The third-order valence-corrected chi connectivity index (χ3v) is 16.4. The molecule has 3 N–H and O–H groups in total. The van der Waals surface area contributed by atoms with Crippen LogP contribution in [0.5, 0.6) is 0 Å². The molecule has 0 aliphatic heterocycles. The van der Waals surface area contributed by atoms with Gasteiger partial charge in [-0.1, -0.05) is 346 Å². The highest BCUT2D eigenvalue weighted by Gasteiger charge is 2.18. The van der Waals surface area contributed by atoms with Crippen LogP contribution in [0.25, 0.3) is 0 Å². The van der Waals surface area contributed by atoms with Gasteiger partial charge in [-0.2, -0.15) is 0 Å². The van der Waals surface area contributed by atoms with Crippen LogP contribution in [-0.2, 0) is 14.3 Å². The van der Waals surface area contributed by atoms with E-state index in [4.69, 9.17) is 4.74 Å². The van der Waals surface area contributed by atoms with E-state index >= 15 is 0 Å². The number of amides is 1. The Morgan fingerprint density at radius 3 is 1.00 bits per heavy atom. The number of allylic oxidation sites excluding steroid dienone is 5. The molecule has 0 spiro atoms. The van der Waals surface area contributed by atoms with E-state index in [-0.39, 0.29) is 18.5 Å². The zero-order chi connectivity index (χ0) is 56.4. The van der Waals surface area contributed by atoms with Crippen molar-refractivity contribution in [2.45, 2.75) is 398 Å². The lowest BCUT2D eigenvalue weighted by molar-refractivity contribution is -0.143. The Hall–Kier alpha value is -1.92. The number of rotatable bonds is 66. The number of hydrogen-bond donors (Lipinski definition) is 3. The Morgan fingerprint density at radius 1 is 0.359 bits per heavy atom. The fourth-order valence-electron chi connectivity index (χ4n) is 11.0. The van der Waals surface area contributed by atoms with Gasteiger partial charge in [-0.05, 0) is 64.2 Å². The molecule has 460 valence electrons. The second-order valence-electron chi connectivity index (χ2n) is 24.2. The Kier molecular flexibility index (Phi) is 65.9. The van der Waals surface area contributed by atoms with E-state index in [9.17, 15) is 19.8 Å². The molecular formula is C72H137NO5. The number of hydrogen-bond acceptors (Lipinski definition) is 5. The lowest BCUT2D eigenvalue weighted by Crippen LogP contribution is -2.45. The SMILES string of the molecule is CCCCC/C=C\C/C=C\CCCCCCCC(=O)OCCCCCCCCCCCCCCCCCCCCCCCCCC(=O)NC(CO)C(O)/C=C/CCCCCCCCCCCCCCCCCCCCCCC. The molecule has 0 aromatic heterocycles. The molecule has 6 nitrogen and oxygen atoms in total. The Morgan fingerprint density at radius 2 is 0.641 bits per heavy atom. The van der Waals surface area contributed by atoms with Gasteiger partial charge in [0.25, 0.3) is 0 Å². The van der Waals surface area contributed by atoms with Gasteiger partial charge in [0.15, 0.2) is 0 Å². The van der Waals surface area contributed by atoms with Gasteiger partial charge in [-0.15, -0.1) is 0 Å². The van der Waals surface area contributed by atoms with Crippen molar-refractivity contribution in [3.63, 3.8) is 0 Å². The molecule has 0 aromatic carbocycles. The van der Waals surface area contributed by atoms with E-state index in [2.05, 4.69) is 43.5 Å². The van der Waals surface area contributed by atoms with E-state index in [0.717, 1.165) is 51.4 Å². The predicted octanol–water partition coefficient (Wildman–Crippen LogP) is 22.7. The molecule has 0 fully saturated rings. The minimum atomic E-state index is -0.846. The maximum atomic E-state index is 12.5. The summed E-state index contributed by atoms with van der Waals surface area (Å²) in [6, 6.07) is -0.629. The van der Waals surface area contributed by atoms with Gasteiger partial charge in [0.1, 0.15) is 0 Å². The molecule has 78 heavy (non-hydrogen) atoms. The summed E-state index contributed by atoms with van der Waals surface area (Å²) in [6.07, 6.45) is 86.4. The average Bonchev–Trinajstić information content (AvgIpc) is 3.44. The summed E-state index contributed by atoms with van der Waals surface area (Å²) in [7, 11) is 0. The van der Waals surface area contributed by atoms with Crippen LogP contribution in [0.2, 0.25) is 0 Å². The van der Waals surface area contributed by atoms with E-state index in [0.29, 0.717) is 19.4 Å². The Balaban J connectivity index is 3.41. The van der Waals surface area contributed by atoms with Crippen LogP contribution in [0, 0.1) is 0 Å². The molecule has 2 atom stereocenters. The highest BCUT2D eigenvalue weighted by molar-refractivity contribution is 5.76. The highest BCUT2D eigenvalue weighted by Crippen LogP contribution is 2.19. The van der Waals surface area contributed by atoms with Crippen molar-refractivity contribution < 1.29 is 24.5 Å². The fourth-order valence-corrected chi connectivity index (χ4v) is 11.0. The van der Waals surface area contributed by atoms with Gasteiger partial charge in [-0.3, -0.25) is 9.59 Å². The molecule has 0 rings (SSSR count). The lowest BCUT2D eigenvalue weighted by atomic mass is 10.0. The minimum absolute atomic E-state index is 0.000426. The van der Waals surface area contributed by atoms with Crippen LogP contribution >= 0.6 is 0 Å². The second kappa shape index (κ2) is 67.6. The summed E-state index contributed by atoms with van der Waals surface area (Å²) in [6.45, 7) is 4.90. The van der Waals surface area contributed by atoms with Crippen LogP contribution in [-0.4, -0.2) is 47.4 Å². The van der Waals surface area contributed by atoms with Crippen molar-refractivity contribution in [3.05, 3.63) is 36.5 Å². The van der Waals surface area contributed by atoms with Gasteiger partial charge in [0.2, 0.25) is 5.91 Å². The Bertz CT molecular complexity index is 1260. The van der Waals surface area contributed by atoms with Crippen molar-refractivity contribution in [1.29, 1.82) is 0 Å². The number of carbonyl (C=O) groups is 2. The summed E-state index contributed by atoms with van der Waals surface area (Å²) in [5.41, 5.74) is 0. The molecule has 1 amide bonds. The van der Waals surface area contributed by atoms with E-state index < -0.39 is 12.1 Å². The van der Waals surface area contributed by atoms with Crippen LogP contribution in [0.15, 0.2) is 36.5 Å². The molecular weight excluding hydrogens is 959 g/mol. The first kappa shape index (κ1) is 76.1. The topological polar surface area (TPSA) is 95.9 Å². The number of carbonyl (C=O) groups excluding carboxylic acids is 2. The summed E-state index contributed by atoms with van der Waals surface area (Å²) in [5.74, 6) is -0.0633. The van der Waals surface area contributed by atoms with Crippen molar-refractivity contribution in [1.82, 2.24) is 5.32 Å². The number of ether oxygens (including phenoxy) is 1. The van der Waals surface area contributed by atoms with Crippen LogP contribution in [0.4, 0.5) is 0 Å². The molecule has 0 aliphatic rings. The van der Waals surface area contributed by atoms with Gasteiger partial charge in [0.05, 0.1) is 25.4 Å². The summed E-state index contributed by atoms with van der Waals surface area (Å²) in [5, 5.41) is 23.3. The third kappa shape index (κ3) is 63.3. The minimum Gasteiger partial charge on any atom is -0.466 e. The molecule has 0 aliphatic carbocycles. The van der Waals surface area contributed by atoms with Crippen LogP contribution < -0.4 is 5.32 Å². The summed E-state index contributed by atoms with van der Waals surface area (Å²) < 4.78 is 5.48. The van der Waals surface area contributed by atoms with Crippen LogP contribution in [0.1, 0.15) is 386 Å². The molecule has 0 saturated heterocycles. The number of esters is 1. The highest BCUT2D eigenvalue weighted by atomic mass is 16.5. The lowest BCUT2D eigenvalue weighted by Gasteiger charge is -2.20. The number of unbranched alkanes of at least 4 members (excludes halogenated alkanes) is 51. The maximum Gasteiger partial charge on any atom is 0.305 e. The molecule has 0 bridgehead atoms. The van der Waals surface area contributed by atoms with Gasteiger partial charge in [0, 0.05) is 12.8 Å². The first-order valence-corrected chi connectivity index (χ1v) is 35.3. The van der Waals surface area contributed by atoms with Crippen LogP contribution in [0.3, 0.4) is 0 Å². The first-order chi connectivity index (χ1) is 38.5. The molecule has 0 saturated carbocycles. The molecule has 2 unspecified atom stereocenters. The second-order valence-corrected chi connectivity index (χ2v) is 24.2. The standard InChI is InChI=1S/C72H137NO5/c1-3-5-7-9-11-13-15-17-19-20-21-22-24-27-30-33-37-40-44-48-52-56-60-64-70(75)69(68-74)73-71(76)65-61-57-53-49-45-41-38-34-31-28-25-23-26-29-32-35-39-43-47-51-55-59-63-67-78-72(77)66-62-58-54-50-46-42-36-18-16-14-12-10-8-6-4-2/h12,14,18,36,60,64,69-70,74-75H,3-11,13,15-17,19-35,37-59,61-63,65-68H2,1-2H3,(H,73,76)/b14-12-,36-18-,64-60+. The zero-order valence-corrected chi connectivity index (χ0v) is 52.7. The quantitative estimate of drug-likeness (QED) is 0.0320. The van der Waals surface area contributed by atoms with Crippen molar-refractivity contribution in [2.75, 3.05) is 13.2 Å². The average molecular weight is 1100 g/mol. The van der Waals surface area contributed by atoms with E-state index in [1.807, 2.05) is 6.08 Å². The first-order valence-electron chi connectivity index (χ1n) is 35.3. The van der Waals surface area contributed by atoms with Crippen molar-refractivity contribution >= 4 is 11.9 Å². The van der Waals surface area contributed by atoms with Crippen molar-refractivity contribution in [3.8, 4) is 0 Å². The smallest absolute Gasteiger partial charge is 0.305 e. The number of aliphatic hydroxyl groups excluding tert-OH is 2. The largest absolute Gasteiger partial charge is 0.466 e. The summed E-state index contributed by atoms with van der Waals surface area (Å²) >= 11 is 0. The molecule has 0 aromatic rings. The Labute approximate surface area is 487 Å². The normalized spacial score (nSPS) is 12.7. The van der Waals surface area contributed by atoms with E-state index in [1.165, 1.54) is 308 Å².